The molecule has 0 unspecified atom stereocenters. The van der Waals surface area contributed by atoms with Gasteiger partial charge in [0.05, 0.1) is 16.4 Å². The van der Waals surface area contributed by atoms with E-state index in [9.17, 15) is 18.5 Å². The number of nitrogens with one attached hydrogen (secondary N) is 1. The summed E-state index contributed by atoms with van der Waals surface area (Å²) in [7, 11) is -3.79. The summed E-state index contributed by atoms with van der Waals surface area (Å²) in [6.45, 7) is 4.79. The number of fused-ring (bicyclic) bond motifs is 1. The Morgan fingerprint density at radius 3 is 2.50 bits per heavy atom. The molecule has 0 bridgehead atoms. The molecule has 12 heteroatoms. The Morgan fingerprint density at radius 1 is 1.09 bits per heavy atom. The van der Waals surface area contributed by atoms with Gasteiger partial charge in [0, 0.05) is 30.5 Å². The average molecular weight is 460 g/mol. The van der Waals surface area contributed by atoms with Crippen molar-refractivity contribution in [2.24, 2.45) is 0 Å². The van der Waals surface area contributed by atoms with Gasteiger partial charge in [0.25, 0.3) is 11.5 Å². The molecule has 4 rings (SSSR count). The summed E-state index contributed by atoms with van der Waals surface area (Å²) in [5.74, 6) is 0.994. The van der Waals surface area contributed by atoms with E-state index in [2.05, 4.69) is 20.5 Å². The number of hydrogen-bond donors (Lipinski definition) is 1. The second-order valence-electron chi connectivity index (χ2n) is 7.90. The lowest BCUT2D eigenvalue weighted by molar-refractivity contribution is -0.384. The second kappa shape index (κ2) is 8.79. The fourth-order valence-electron chi connectivity index (χ4n) is 3.99. The van der Waals surface area contributed by atoms with Crippen molar-refractivity contribution in [1.82, 2.24) is 23.9 Å². The fourth-order valence-corrected chi connectivity index (χ4v) is 5.53. The topological polar surface area (TPSA) is 136 Å². The smallest absolute Gasteiger partial charge is 0.293 e. The molecule has 0 spiro atoms. The Kier molecular flexibility index (Phi) is 6.07. The highest BCUT2D eigenvalue weighted by molar-refractivity contribution is 7.89. The number of aryl methyl sites for hydroxylation is 2. The average Bonchev–Trinajstić information content (AvgIpc) is 2.96. The molecule has 2 aromatic heterocycles. The number of rotatable bonds is 6. The number of nitrogens with zero attached hydrogens (tertiary/aromatic N) is 6. The van der Waals surface area contributed by atoms with Crippen molar-refractivity contribution >= 4 is 27.2 Å². The van der Waals surface area contributed by atoms with Crippen molar-refractivity contribution in [2.75, 3.05) is 18.4 Å². The molecule has 0 amide bonds. The molecular weight excluding hydrogens is 434 g/mol. The normalized spacial score (nSPS) is 15.6. The Labute approximate surface area is 185 Å². The van der Waals surface area contributed by atoms with Crippen molar-refractivity contribution in [1.29, 1.82) is 0 Å². The lowest BCUT2D eigenvalue weighted by Crippen LogP contribution is -2.32. The molecule has 0 aliphatic carbocycles. The van der Waals surface area contributed by atoms with Crippen LogP contribution >= 0.6 is 0 Å². The van der Waals surface area contributed by atoms with E-state index < -0.39 is 14.9 Å². The number of benzene rings is 1. The fraction of sp³-hybridized carbons (Fsp3) is 0.450. The van der Waals surface area contributed by atoms with Gasteiger partial charge >= 0.3 is 0 Å². The van der Waals surface area contributed by atoms with Crippen LogP contribution in [0.4, 0.5) is 11.4 Å². The summed E-state index contributed by atoms with van der Waals surface area (Å²) in [6.07, 6.45) is 3.56. The quantitative estimate of drug-likeness (QED) is 0.439. The number of nitro benzene ring substituents is 1. The molecule has 32 heavy (non-hydrogen) atoms. The molecule has 1 fully saturated rings. The van der Waals surface area contributed by atoms with Crippen LogP contribution in [0.3, 0.4) is 0 Å². The van der Waals surface area contributed by atoms with Gasteiger partial charge in [-0.2, -0.15) is 4.31 Å². The predicted molar refractivity (Wildman–Crippen MR) is 118 cm³/mol. The van der Waals surface area contributed by atoms with Gasteiger partial charge in [-0.15, -0.1) is 10.2 Å². The van der Waals surface area contributed by atoms with Gasteiger partial charge in [0.2, 0.25) is 10.0 Å². The molecular formula is C20H25N7O4S. The predicted octanol–water partition coefficient (Wildman–Crippen LogP) is 2.83. The van der Waals surface area contributed by atoms with Crippen molar-refractivity contribution in [2.45, 2.75) is 51.0 Å². The number of hydrogen-bond acceptors (Lipinski definition) is 8. The summed E-state index contributed by atoms with van der Waals surface area (Å²) >= 11 is 0. The van der Waals surface area contributed by atoms with Crippen LogP contribution in [-0.2, 0) is 16.6 Å². The molecule has 1 aliphatic heterocycles. The first-order valence-electron chi connectivity index (χ1n) is 10.5. The maximum Gasteiger partial charge on any atom is 0.293 e. The third kappa shape index (κ3) is 4.28. The summed E-state index contributed by atoms with van der Waals surface area (Å²) in [6, 6.07) is 5.86. The van der Waals surface area contributed by atoms with Crippen LogP contribution in [0, 0.1) is 24.0 Å². The summed E-state index contributed by atoms with van der Waals surface area (Å²) in [5, 5.41) is 22.9. The first kappa shape index (κ1) is 22.1. The number of aromatic nitrogens is 4. The van der Waals surface area contributed by atoms with Gasteiger partial charge in [-0.25, -0.2) is 13.4 Å². The van der Waals surface area contributed by atoms with Gasteiger partial charge in [0.1, 0.15) is 5.69 Å². The van der Waals surface area contributed by atoms with Gasteiger partial charge in [-0.05, 0) is 44.9 Å². The molecule has 0 atom stereocenters. The van der Waals surface area contributed by atoms with Crippen molar-refractivity contribution in [3.05, 3.63) is 51.6 Å². The highest BCUT2D eigenvalue weighted by Gasteiger charge is 2.28. The van der Waals surface area contributed by atoms with Crippen LogP contribution in [0.1, 0.15) is 42.9 Å². The Hall–Kier alpha value is -3.12. The third-order valence-corrected chi connectivity index (χ3v) is 7.46. The van der Waals surface area contributed by atoms with Crippen molar-refractivity contribution in [3.63, 3.8) is 0 Å². The zero-order valence-corrected chi connectivity index (χ0v) is 18.8. The summed E-state index contributed by atoms with van der Waals surface area (Å²) < 4.78 is 29.3. The minimum atomic E-state index is -3.79. The molecule has 1 N–H and O–H groups in total. The van der Waals surface area contributed by atoms with Crippen LogP contribution in [0.2, 0.25) is 0 Å². The Morgan fingerprint density at radius 2 is 1.81 bits per heavy atom. The first-order chi connectivity index (χ1) is 15.3. The number of sulfonamides is 1. The van der Waals surface area contributed by atoms with Crippen LogP contribution in [-0.4, -0.2) is 50.3 Å². The van der Waals surface area contributed by atoms with Gasteiger partial charge in [0.15, 0.2) is 5.82 Å². The molecule has 11 nitrogen and oxygen atoms in total. The second-order valence-corrected chi connectivity index (χ2v) is 9.84. The Balaban J connectivity index is 1.61. The van der Waals surface area contributed by atoms with Gasteiger partial charge in [-0.3, -0.25) is 14.5 Å². The molecule has 3 heterocycles. The first-order valence-corrected chi connectivity index (χ1v) is 11.9. The molecule has 3 aromatic rings. The maximum absolute atomic E-state index is 13.0. The monoisotopic (exact) mass is 459 g/mol. The van der Waals surface area contributed by atoms with Gasteiger partial charge in [-0.1, -0.05) is 12.8 Å². The van der Waals surface area contributed by atoms with E-state index in [1.165, 1.54) is 16.4 Å². The largest absolute Gasteiger partial charge is 0.372 e. The lowest BCUT2D eigenvalue weighted by atomic mass is 10.2. The molecule has 0 saturated carbocycles. The molecule has 1 aliphatic rings. The van der Waals surface area contributed by atoms with Crippen LogP contribution in [0.25, 0.3) is 5.78 Å². The van der Waals surface area contributed by atoms with E-state index in [0.717, 1.165) is 43.1 Å². The van der Waals surface area contributed by atoms with E-state index in [0.29, 0.717) is 24.7 Å². The van der Waals surface area contributed by atoms with Crippen molar-refractivity contribution in [3.8, 4) is 0 Å². The lowest BCUT2D eigenvalue weighted by Gasteiger charge is -2.20. The minimum absolute atomic E-state index is 0.0694. The van der Waals surface area contributed by atoms with Crippen LogP contribution in [0.15, 0.2) is 29.2 Å². The standard InChI is InChI=1S/C20H25N7O4S/c1-14-11-15(2)26-19(23-24-20(26)22-14)13-21-17-8-7-16(12-18(17)27(28)29)32(30,31)25-9-5-3-4-6-10-25/h7-8,11-12,21H,3-6,9-10,13H2,1-2H3. The highest BCUT2D eigenvalue weighted by Crippen LogP contribution is 2.30. The van der Waals surface area contributed by atoms with Crippen molar-refractivity contribution < 1.29 is 13.3 Å². The molecule has 1 saturated heterocycles. The van der Waals surface area contributed by atoms with E-state index >= 15 is 0 Å². The SMILES string of the molecule is Cc1cc(C)n2c(CNc3ccc(S(=O)(=O)N4CCCCCC4)cc3[N+](=O)[O-])nnc2n1. The zero-order chi connectivity index (χ0) is 22.9. The van der Waals surface area contributed by atoms with Gasteiger partial charge < -0.3 is 5.32 Å². The van der Waals surface area contributed by atoms with E-state index in [-0.39, 0.29) is 22.8 Å². The zero-order valence-electron chi connectivity index (χ0n) is 18.0. The van der Waals surface area contributed by atoms with E-state index in [1.54, 1.807) is 4.40 Å². The van der Waals surface area contributed by atoms with E-state index in [4.69, 9.17) is 0 Å². The highest BCUT2D eigenvalue weighted by atomic mass is 32.2. The van der Waals surface area contributed by atoms with Crippen LogP contribution in [0.5, 0.6) is 0 Å². The van der Waals surface area contributed by atoms with Crippen LogP contribution < -0.4 is 5.32 Å². The number of anilines is 1. The summed E-state index contributed by atoms with van der Waals surface area (Å²) in [5.41, 5.74) is 1.61. The Bertz CT molecular complexity index is 1260. The minimum Gasteiger partial charge on any atom is -0.372 e. The number of nitro groups is 1. The third-order valence-electron chi connectivity index (χ3n) is 5.57. The summed E-state index contributed by atoms with van der Waals surface area (Å²) in [4.78, 5) is 15.4. The molecule has 0 radical (unpaired) electrons. The maximum atomic E-state index is 13.0. The molecule has 170 valence electrons. The molecule has 1 aromatic carbocycles. The van der Waals surface area contributed by atoms with E-state index in [1.807, 2.05) is 19.9 Å².